The van der Waals surface area contributed by atoms with Gasteiger partial charge in [0.1, 0.15) is 11.9 Å². The molecule has 23 heavy (non-hydrogen) atoms. The minimum Gasteiger partial charge on any atom is -0.313 e. The van der Waals surface area contributed by atoms with Crippen molar-refractivity contribution in [3.63, 3.8) is 0 Å². The fourth-order valence-electron chi connectivity index (χ4n) is 2.76. The summed E-state index contributed by atoms with van der Waals surface area (Å²) < 4.78 is 1.78. The van der Waals surface area contributed by atoms with Crippen molar-refractivity contribution in [2.75, 3.05) is 0 Å². The minimum atomic E-state index is -0.537. The van der Waals surface area contributed by atoms with E-state index in [9.17, 15) is 9.59 Å². The summed E-state index contributed by atoms with van der Waals surface area (Å²) in [5, 5.41) is 2.37. The van der Waals surface area contributed by atoms with Crippen LogP contribution in [0.3, 0.4) is 0 Å². The monoisotopic (exact) mass is 309 g/mol. The molecule has 1 aromatic rings. The number of hydrogen-bond donors (Lipinski definition) is 1. The number of amides is 2. The summed E-state index contributed by atoms with van der Waals surface area (Å²) in [5.74, 6) is -0.0394. The second-order valence-electron chi connectivity index (χ2n) is 5.00. The molecular weight excluding hydrogens is 290 g/mol. The van der Waals surface area contributed by atoms with Gasteiger partial charge in [-0.3, -0.25) is 14.9 Å². The number of piperidine rings is 1. The zero-order valence-corrected chi connectivity index (χ0v) is 12.9. The van der Waals surface area contributed by atoms with Crippen LogP contribution < -0.4 is 5.32 Å². The van der Waals surface area contributed by atoms with Crippen LogP contribution in [-0.4, -0.2) is 22.6 Å². The maximum atomic E-state index is 12.3. The standard InChI is InChI=1S/C18H19N3O2/c1-5-11-19-17-13(7-3)12(6-2)14(8-4)21(17)15-9-10-16(22)20-18(15)23/h5-8,11,15H,1-4,9-10H2,(H,20,22,23)/b19-11-. The van der Waals surface area contributed by atoms with Crippen LogP contribution in [0.15, 0.2) is 37.4 Å². The van der Waals surface area contributed by atoms with E-state index >= 15 is 0 Å². The van der Waals surface area contributed by atoms with Gasteiger partial charge in [-0.15, -0.1) is 0 Å². The van der Waals surface area contributed by atoms with E-state index in [4.69, 9.17) is 0 Å². The molecule has 2 rings (SSSR count). The Bertz CT molecular complexity index is 738. The summed E-state index contributed by atoms with van der Waals surface area (Å²) in [6.45, 7) is 15.1. The number of rotatable bonds is 6. The lowest BCUT2D eigenvalue weighted by Crippen LogP contribution is -2.41. The van der Waals surface area contributed by atoms with Gasteiger partial charge in [-0.25, -0.2) is 4.99 Å². The third-order valence-electron chi connectivity index (χ3n) is 3.72. The summed E-state index contributed by atoms with van der Waals surface area (Å²) >= 11 is 0. The van der Waals surface area contributed by atoms with Crippen molar-refractivity contribution < 1.29 is 9.59 Å². The van der Waals surface area contributed by atoms with Gasteiger partial charge >= 0.3 is 0 Å². The fourth-order valence-corrected chi connectivity index (χ4v) is 2.76. The van der Waals surface area contributed by atoms with Crippen LogP contribution >= 0.6 is 0 Å². The van der Waals surface area contributed by atoms with Crippen LogP contribution in [0.4, 0.5) is 5.82 Å². The van der Waals surface area contributed by atoms with E-state index in [-0.39, 0.29) is 18.2 Å². The predicted octanol–water partition coefficient (Wildman–Crippen LogP) is 3.28. The second kappa shape index (κ2) is 6.87. The van der Waals surface area contributed by atoms with Crippen molar-refractivity contribution >= 4 is 42.1 Å². The van der Waals surface area contributed by atoms with Crippen molar-refractivity contribution in [1.82, 2.24) is 9.88 Å². The molecule has 1 unspecified atom stereocenters. The molecule has 1 aliphatic heterocycles. The van der Waals surface area contributed by atoms with Gasteiger partial charge in [-0.2, -0.15) is 0 Å². The average Bonchev–Trinajstić information content (AvgIpc) is 2.85. The summed E-state index contributed by atoms with van der Waals surface area (Å²) in [6.07, 6.45) is 8.79. The summed E-state index contributed by atoms with van der Waals surface area (Å²) in [5.41, 5.74) is 2.29. The molecule has 0 spiro atoms. The van der Waals surface area contributed by atoms with Gasteiger partial charge in [0.2, 0.25) is 11.8 Å². The van der Waals surface area contributed by atoms with Crippen LogP contribution in [0.1, 0.15) is 35.7 Å². The Morgan fingerprint density at radius 2 is 1.78 bits per heavy atom. The molecule has 1 aromatic heterocycles. The smallest absolute Gasteiger partial charge is 0.249 e. The number of aromatic nitrogens is 1. The Morgan fingerprint density at radius 1 is 1.09 bits per heavy atom. The highest BCUT2D eigenvalue weighted by Crippen LogP contribution is 2.37. The van der Waals surface area contributed by atoms with Crippen molar-refractivity contribution in [2.45, 2.75) is 18.9 Å². The van der Waals surface area contributed by atoms with Crippen LogP contribution in [0.5, 0.6) is 0 Å². The molecule has 118 valence electrons. The number of allylic oxidation sites excluding steroid dienone is 1. The zero-order chi connectivity index (χ0) is 17.0. The fraction of sp³-hybridized carbons (Fsp3) is 0.167. The maximum Gasteiger partial charge on any atom is 0.249 e. The highest BCUT2D eigenvalue weighted by molar-refractivity contribution is 6.00. The first kappa shape index (κ1) is 16.4. The van der Waals surface area contributed by atoms with Crippen molar-refractivity contribution in [2.24, 2.45) is 4.99 Å². The molecular formula is C18H19N3O2. The van der Waals surface area contributed by atoms with Crippen LogP contribution in [-0.2, 0) is 9.59 Å². The molecule has 2 amide bonds. The quantitative estimate of drug-likeness (QED) is 0.647. The Morgan fingerprint density at radius 3 is 2.30 bits per heavy atom. The number of carbonyl (C=O) groups is 2. The van der Waals surface area contributed by atoms with Crippen LogP contribution in [0.2, 0.25) is 0 Å². The van der Waals surface area contributed by atoms with Crippen molar-refractivity contribution in [1.29, 1.82) is 0 Å². The highest BCUT2D eigenvalue weighted by atomic mass is 16.2. The number of nitrogens with zero attached hydrogens (tertiary/aromatic N) is 2. The van der Waals surface area contributed by atoms with Gasteiger partial charge in [0.25, 0.3) is 0 Å². The first-order chi connectivity index (χ1) is 11.1. The van der Waals surface area contributed by atoms with E-state index in [1.807, 2.05) is 0 Å². The first-order valence-corrected chi connectivity index (χ1v) is 7.23. The molecule has 5 heteroatoms. The number of carbonyl (C=O) groups excluding carboxylic acids is 2. The van der Waals surface area contributed by atoms with Crippen molar-refractivity contribution in [3.8, 4) is 0 Å². The highest BCUT2D eigenvalue weighted by Gasteiger charge is 2.32. The van der Waals surface area contributed by atoms with E-state index in [1.54, 1.807) is 35.1 Å². The molecule has 0 bridgehead atoms. The molecule has 1 saturated heterocycles. The summed E-state index contributed by atoms with van der Waals surface area (Å²) in [7, 11) is 0. The Balaban J connectivity index is 2.73. The lowest BCUT2D eigenvalue weighted by Gasteiger charge is -2.25. The van der Waals surface area contributed by atoms with Crippen LogP contribution in [0.25, 0.3) is 18.2 Å². The van der Waals surface area contributed by atoms with E-state index in [0.29, 0.717) is 12.2 Å². The largest absolute Gasteiger partial charge is 0.313 e. The summed E-state index contributed by atoms with van der Waals surface area (Å²) in [6, 6.07) is -0.537. The predicted molar refractivity (Wildman–Crippen MR) is 94.5 cm³/mol. The normalized spacial score (nSPS) is 17.8. The van der Waals surface area contributed by atoms with Gasteiger partial charge in [0.15, 0.2) is 0 Å². The Hall–Kier alpha value is -2.95. The van der Waals surface area contributed by atoms with Crippen LogP contribution in [0, 0.1) is 0 Å². The second-order valence-corrected chi connectivity index (χ2v) is 5.00. The molecule has 1 N–H and O–H groups in total. The first-order valence-electron chi connectivity index (χ1n) is 7.23. The van der Waals surface area contributed by atoms with E-state index in [2.05, 4.69) is 36.6 Å². The molecule has 0 radical (unpaired) electrons. The zero-order valence-electron chi connectivity index (χ0n) is 12.9. The summed E-state index contributed by atoms with van der Waals surface area (Å²) in [4.78, 5) is 28.1. The number of aliphatic imine (C=N–C) groups is 1. The van der Waals surface area contributed by atoms with Gasteiger partial charge in [0.05, 0.1) is 5.69 Å². The topological polar surface area (TPSA) is 63.5 Å². The molecule has 1 aliphatic rings. The van der Waals surface area contributed by atoms with Gasteiger partial charge < -0.3 is 4.57 Å². The lowest BCUT2D eigenvalue weighted by atomic mass is 10.1. The van der Waals surface area contributed by atoms with Gasteiger partial charge in [-0.1, -0.05) is 44.5 Å². The molecule has 2 heterocycles. The van der Waals surface area contributed by atoms with E-state index in [0.717, 1.165) is 16.8 Å². The number of imide groups is 1. The maximum absolute atomic E-state index is 12.3. The Kier molecular flexibility index (Phi) is 4.91. The van der Waals surface area contributed by atoms with Crippen molar-refractivity contribution in [3.05, 3.63) is 49.2 Å². The van der Waals surface area contributed by atoms with Gasteiger partial charge in [0, 0.05) is 23.8 Å². The molecule has 1 atom stereocenters. The van der Waals surface area contributed by atoms with Gasteiger partial charge in [-0.05, 0) is 12.5 Å². The molecule has 0 aromatic carbocycles. The number of nitrogens with one attached hydrogen (secondary N) is 1. The average molecular weight is 309 g/mol. The minimum absolute atomic E-state index is 0.261. The molecule has 0 saturated carbocycles. The van der Waals surface area contributed by atoms with E-state index in [1.165, 1.54) is 0 Å². The SMILES string of the molecule is C=C/C=N\c1c(C=C)c(C=C)c(C=C)n1C1CCC(=O)NC1=O. The lowest BCUT2D eigenvalue weighted by molar-refractivity contribution is -0.135. The molecule has 1 fully saturated rings. The third kappa shape index (κ3) is 2.85. The number of hydrogen-bond acceptors (Lipinski definition) is 3. The Labute approximate surface area is 135 Å². The van der Waals surface area contributed by atoms with E-state index < -0.39 is 6.04 Å². The third-order valence-corrected chi connectivity index (χ3v) is 3.72. The molecule has 0 aliphatic carbocycles. The molecule has 5 nitrogen and oxygen atoms in total.